The van der Waals surface area contributed by atoms with Crippen LogP contribution in [-0.4, -0.2) is 48.0 Å². The molecule has 5 nitrogen and oxygen atoms in total. The third-order valence-corrected chi connectivity index (χ3v) is 2.87. The van der Waals surface area contributed by atoms with E-state index in [1.165, 1.54) is 28.8 Å². The van der Waals surface area contributed by atoms with Crippen molar-refractivity contribution in [2.75, 3.05) is 20.2 Å². The fourth-order valence-electron chi connectivity index (χ4n) is 1.81. The number of carbonyl (C=O) groups is 2. The summed E-state index contributed by atoms with van der Waals surface area (Å²) in [5.74, 6) is -0.790. The van der Waals surface area contributed by atoms with E-state index in [9.17, 15) is 18.4 Å². The SMILES string of the molecule is CCN(CCC(=O)OC)C(=O)c1cccn1CC(F)F. The van der Waals surface area contributed by atoms with Crippen molar-refractivity contribution in [1.82, 2.24) is 9.47 Å². The van der Waals surface area contributed by atoms with E-state index in [0.717, 1.165) is 0 Å². The molecule has 0 spiro atoms. The van der Waals surface area contributed by atoms with E-state index in [4.69, 9.17) is 0 Å². The summed E-state index contributed by atoms with van der Waals surface area (Å²) in [6, 6.07) is 3.04. The van der Waals surface area contributed by atoms with E-state index in [-0.39, 0.29) is 24.6 Å². The van der Waals surface area contributed by atoms with Gasteiger partial charge in [-0.15, -0.1) is 0 Å². The van der Waals surface area contributed by atoms with Gasteiger partial charge in [-0.25, -0.2) is 8.78 Å². The quantitative estimate of drug-likeness (QED) is 0.719. The van der Waals surface area contributed by atoms with Crippen LogP contribution in [-0.2, 0) is 16.1 Å². The summed E-state index contributed by atoms with van der Waals surface area (Å²) in [6.45, 7) is 1.82. The Labute approximate surface area is 116 Å². The molecule has 1 aromatic rings. The van der Waals surface area contributed by atoms with E-state index in [1.807, 2.05) is 0 Å². The highest BCUT2D eigenvalue weighted by Gasteiger charge is 2.19. The minimum Gasteiger partial charge on any atom is -0.469 e. The molecule has 0 bridgehead atoms. The first kappa shape index (κ1) is 16.1. The maximum absolute atomic E-state index is 12.4. The van der Waals surface area contributed by atoms with Gasteiger partial charge < -0.3 is 14.2 Å². The molecule has 0 atom stereocenters. The topological polar surface area (TPSA) is 51.5 Å². The molecule has 1 amide bonds. The van der Waals surface area contributed by atoms with Gasteiger partial charge in [-0.05, 0) is 19.1 Å². The average Bonchev–Trinajstić information content (AvgIpc) is 2.85. The van der Waals surface area contributed by atoms with Crippen LogP contribution in [0.3, 0.4) is 0 Å². The number of halogens is 2. The van der Waals surface area contributed by atoms with Crippen LogP contribution < -0.4 is 0 Å². The molecule has 0 fully saturated rings. The predicted molar refractivity (Wildman–Crippen MR) is 68.6 cm³/mol. The van der Waals surface area contributed by atoms with Crippen molar-refractivity contribution in [2.24, 2.45) is 0 Å². The highest BCUT2D eigenvalue weighted by molar-refractivity contribution is 5.93. The standard InChI is InChI=1S/C13H18F2N2O3/c1-3-16(8-6-12(18)20-2)13(19)10-5-4-7-17(10)9-11(14)15/h4-5,7,11H,3,6,8-9H2,1-2H3. The summed E-state index contributed by atoms with van der Waals surface area (Å²) in [6.07, 6.45) is -1.02. The molecule has 0 saturated heterocycles. The number of alkyl halides is 2. The summed E-state index contributed by atoms with van der Waals surface area (Å²) in [5, 5.41) is 0. The number of rotatable bonds is 7. The van der Waals surface area contributed by atoms with Gasteiger partial charge in [0.1, 0.15) is 5.69 Å². The zero-order valence-electron chi connectivity index (χ0n) is 11.5. The van der Waals surface area contributed by atoms with Crippen LogP contribution in [0.2, 0.25) is 0 Å². The zero-order valence-corrected chi connectivity index (χ0v) is 11.5. The molecule has 0 aliphatic carbocycles. The van der Waals surface area contributed by atoms with Gasteiger partial charge in [-0.1, -0.05) is 0 Å². The Morgan fingerprint density at radius 1 is 1.45 bits per heavy atom. The summed E-state index contributed by atoms with van der Waals surface area (Å²) in [4.78, 5) is 24.8. The van der Waals surface area contributed by atoms with E-state index < -0.39 is 18.9 Å². The fourth-order valence-corrected chi connectivity index (χ4v) is 1.81. The Kier molecular flexibility index (Phi) is 6.14. The number of aromatic nitrogens is 1. The van der Waals surface area contributed by atoms with E-state index >= 15 is 0 Å². The van der Waals surface area contributed by atoms with Crippen molar-refractivity contribution in [2.45, 2.75) is 26.3 Å². The smallest absolute Gasteiger partial charge is 0.307 e. The lowest BCUT2D eigenvalue weighted by Crippen LogP contribution is -2.34. The zero-order chi connectivity index (χ0) is 15.1. The fraction of sp³-hybridized carbons (Fsp3) is 0.538. The third kappa shape index (κ3) is 4.32. The Balaban J connectivity index is 2.75. The third-order valence-electron chi connectivity index (χ3n) is 2.87. The summed E-state index contributed by atoms with van der Waals surface area (Å²) >= 11 is 0. The number of nitrogens with zero attached hydrogens (tertiary/aromatic N) is 2. The van der Waals surface area contributed by atoms with Crippen LogP contribution in [0.5, 0.6) is 0 Å². The Bertz CT molecular complexity index is 460. The number of hydrogen-bond donors (Lipinski definition) is 0. The van der Waals surface area contributed by atoms with Crippen LogP contribution in [0.25, 0.3) is 0 Å². The maximum atomic E-state index is 12.4. The van der Waals surface area contributed by atoms with Gasteiger partial charge in [0, 0.05) is 19.3 Å². The van der Waals surface area contributed by atoms with Crippen LogP contribution in [0.4, 0.5) is 8.78 Å². The average molecular weight is 288 g/mol. The van der Waals surface area contributed by atoms with Gasteiger partial charge in [0.2, 0.25) is 0 Å². The lowest BCUT2D eigenvalue weighted by atomic mass is 10.3. The van der Waals surface area contributed by atoms with Gasteiger partial charge in [0.15, 0.2) is 0 Å². The highest BCUT2D eigenvalue weighted by atomic mass is 19.3. The van der Waals surface area contributed by atoms with E-state index in [0.29, 0.717) is 6.54 Å². The maximum Gasteiger partial charge on any atom is 0.307 e. The van der Waals surface area contributed by atoms with Crippen molar-refractivity contribution in [3.05, 3.63) is 24.0 Å². The summed E-state index contributed by atoms with van der Waals surface area (Å²) < 4.78 is 30.6. The number of methoxy groups -OCH3 is 1. The van der Waals surface area contributed by atoms with Crippen LogP contribution >= 0.6 is 0 Å². The first-order valence-electron chi connectivity index (χ1n) is 6.29. The minimum absolute atomic E-state index is 0.0750. The van der Waals surface area contributed by atoms with E-state index in [1.54, 1.807) is 13.0 Å². The molecule has 0 saturated carbocycles. The van der Waals surface area contributed by atoms with Gasteiger partial charge in [0.05, 0.1) is 20.1 Å². The summed E-state index contributed by atoms with van der Waals surface area (Å²) in [5.41, 5.74) is 0.192. The molecule has 0 unspecified atom stereocenters. The molecule has 1 aromatic heterocycles. The molecule has 0 aromatic carbocycles. The molecule has 1 heterocycles. The lowest BCUT2D eigenvalue weighted by Gasteiger charge is -2.21. The van der Waals surface area contributed by atoms with Crippen molar-refractivity contribution < 1.29 is 23.1 Å². The second kappa shape index (κ2) is 7.62. The van der Waals surface area contributed by atoms with Gasteiger partial charge in [-0.3, -0.25) is 9.59 Å². The molecule has 0 radical (unpaired) electrons. The Hall–Kier alpha value is -1.92. The Morgan fingerprint density at radius 2 is 2.15 bits per heavy atom. The molecule has 0 N–H and O–H groups in total. The monoisotopic (exact) mass is 288 g/mol. The normalized spacial score (nSPS) is 10.7. The number of ether oxygens (including phenoxy) is 1. The second-order valence-electron chi connectivity index (χ2n) is 4.15. The number of esters is 1. The molecular weight excluding hydrogens is 270 g/mol. The second-order valence-corrected chi connectivity index (χ2v) is 4.15. The van der Waals surface area contributed by atoms with Crippen LogP contribution in [0, 0.1) is 0 Å². The van der Waals surface area contributed by atoms with Crippen molar-refractivity contribution in [3.63, 3.8) is 0 Å². The number of carbonyl (C=O) groups excluding carboxylic acids is 2. The molecule has 112 valence electrons. The molecule has 7 heteroatoms. The van der Waals surface area contributed by atoms with E-state index in [2.05, 4.69) is 4.74 Å². The molecule has 0 aliphatic heterocycles. The highest BCUT2D eigenvalue weighted by Crippen LogP contribution is 2.10. The molecule has 1 rings (SSSR count). The molecule has 20 heavy (non-hydrogen) atoms. The van der Waals surface area contributed by atoms with Gasteiger partial charge in [-0.2, -0.15) is 0 Å². The molecular formula is C13H18F2N2O3. The first-order valence-corrected chi connectivity index (χ1v) is 6.29. The van der Waals surface area contributed by atoms with Crippen LogP contribution in [0.15, 0.2) is 18.3 Å². The van der Waals surface area contributed by atoms with Crippen molar-refractivity contribution >= 4 is 11.9 Å². The van der Waals surface area contributed by atoms with Gasteiger partial charge >= 0.3 is 5.97 Å². The van der Waals surface area contributed by atoms with Crippen molar-refractivity contribution in [3.8, 4) is 0 Å². The van der Waals surface area contributed by atoms with Crippen LogP contribution in [0.1, 0.15) is 23.8 Å². The molecule has 0 aliphatic rings. The largest absolute Gasteiger partial charge is 0.469 e. The number of hydrogen-bond acceptors (Lipinski definition) is 3. The van der Waals surface area contributed by atoms with Gasteiger partial charge in [0.25, 0.3) is 12.3 Å². The Morgan fingerprint density at radius 3 is 2.70 bits per heavy atom. The summed E-state index contributed by atoms with van der Waals surface area (Å²) in [7, 11) is 1.27. The lowest BCUT2D eigenvalue weighted by molar-refractivity contribution is -0.140. The number of amides is 1. The van der Waals surface area contributed by atoms with Crippen molar-refractivity contribution in [1.29, 1.82) is 0 Å². The minimum atomic E-state index is -2.53. The predicted octanol–water partition coefficient (Wildman–Crippen LogP) is 1.78. The first-order chi connectivity index (χ1) is 9.49.